The third-order valence-corrected chi connectivity index (χ3v) is 4.25. The minimum atomic E-state index is -0.712. The Kier molecular flexibility index (Phi) is 5.50. The Morgan fingerprint density at radius 3 is 2.71 bits per heavy atom. The van der Waals surface area contributed by atoms with E-state index in [1.807, 2.05) is 37.3 Å². The van der Waals surface area contributed by atoms with Crippen LogP contribution in [0.15, 0.2) is 41.3 Å². The maximum absolute atomic E-state index is 12.6. The van der Waals surface area contributed by atoms with Crippen LogP contribution in [-0.2, 0) is 16.0 Å². The van der Waals surface area contributed by atoms with E-state index >= 15 is 0 Å². The highest BCUT2D eigenvalue weighted by molar-refractivity contribution is 5.33. The van der Waals surface area contributed by atoms with Gasteiger partial charge in [-0.15, -0.1) is 0 Å². The lowest BCUT2D eigenvalue weighted by molar-refractivity contribution is -0.0618. The molecule has 1 aliphatic heterocycles. The normalized spacial score (nSPS) is 17.1. The number of rotatable bonds is 6. The van der Waals surface area contributed by atoms with Gasteiger partial charge in [-0.3, -0.25) is 9.13 Å². The molecular formula is C18H24N2O4. The molecule has 0 aliphatic carbocycles. The predicted octanol–water partition coefficient (Wildman–Crippen LogP) is 1.50. The fraction of sp³-hybridized carbons (Fsp3) is 0.500. The summed E-state index contributed by atoms with van der Waals surface area (Å²) in [7, 11) is 0. The van der Waals surface area contributed by atoms with Gasteiger partial charge < -0.3 is 14.6 Å². The Morgan fingerprint density at radius 1 is 1.29 bits per heavy atom. The third-order valence-electron chi connectivity index (χ3n) is 4.25. The number of aliphatic hydroxyl groups is 1. The minimum Gasteiger partial charge on any atom is -0.389 e. The molecule has 1 N–H and O–H groups in total. The molecule has 1 fully saturated rings. The molecule has 0 amide bonds. The van der Waals surface area contributed by atoms with E-state index in [1.54, 1.807) is 15.3 Å². The third kappa shape index (κ3) is 3.95. The lowest BCUT2D eigenvalue weighted by atomic mass is 10.1. The average Bonchev–Trinajstić information content (AvgIpc) is 2.88. The lowest BCUT2D eigenvalue weighted by Gasteiger charge is -2.23. The van der Waals surface area contributed by atoms with Gasteiger partial charge in [-0.25, -0.2) is 4.79 Å². The van der Waals surface area contributed by atoms with Gasteiger partial charge in [-0.2, -0.15) is 0 Å². The van der Waals surface area contributed by atoms with Crippen LogP contribution >= 0.6 is 0 Å². The highest BCUT2D eigenvalue weighted by Crippen LogP contribution is 2.12. The number of para-hydroxylation sites is 1. The second kappa shape index (κ2) is 7.79. The van der Waals surface area contributed by atoms with Gasteiger partial charge in [0, 0.05) is 25.1 Å². The largest absolute Gasteiger partial charge is 0.389 e. The van der Waals surface area contributed by atoms with Gasteiger partial charge >= 0.3 is 5.69 Å². The molecule has 1 aromatic heterocycles. The van der Waals surface area contributed by atoms with Gasteiger partial charge in [-0.1, -0.05) is 18.2 Å². The van der Waals surface area contributed by atoms with Crippen molar-refractivity contribution < 1.29 is 14.6 Å². The van der Waals surface area contributed by atoms with Crippen molar-refractivity contribution in [3.05, 3.63) is 52.7 Å². The summed E-state index contributed by atoms with van der Waals surface area (Å²) in [6.07, 6.45) is 2.91. The van der Waals surface area contributed by atoms with E-state index in [-0.39, 0.29) is 24.9 Å². The van der Waals surface area contributed by atoms with Crippen molar-refractivity contribution in [1.82, 2.24) is 9.13 Å². The standard InChI is InChI=1S/C18H24N2O4/c1-14-11-19(18(22)20(14)15-5-3-2-4-6-15)12-16(21)13-24-17-7-9-23-10-8-17/h2-6,11,16-17,21H,7-10,12-13H2,1H3. The van der Waals surface area contributed by atoms with Gasteiger partial charge in [0.05, 0.1) is 31.0 Å². The minimum absolute atomic E-state index is 0.140. The topological polar surface area (TPSA) is 65.6 Å². The van der Waals surface area contributed by atoms with Crippen LogP contribution in [0.3, 0.4) is 0 Å². The molecule has 6 heteroatoms. The maximum atomic E-state index is 12.6. The summed E-state index contributed by atoms with van der Waals surface area (Å²) < 4.78 is 14.2. The molecular weight excluding hydrogens is 308 g/mol. The van der Waals surface area contributed by atoms with Crippen LogP contribution in [0.4, 0.5) is 0 Å². The zero-order valence-electron chi connectivity index (χ0n) is 13.9. The molecule has 24 heavy (non-hydrogen) atoms. The summed E-state index contributed by atoms with van der Waals surface area (Å²) in [4.78, 5) is 12.6. The summed E-state index contributed by atoms with van der Waals surface area (Å²) in [5.74, 6) is 0. The summed E-state index contributed by atoms with van der Waals surface area (Å²) in [6.45, 7) is 3.75. The fourth-order valence-corrected chi connectivity index (χ4v) is 3.01. The van der Waals surface area contributed by atoms with Crippen molar-refractivity contribution in [2.45, 2.75) is 38.5 Å². The first-order valence-electron chi connectivity index (χ1n) is 8.37. The zero-order chi connectivity index (χ0) is 16.9. The van der Waals surface area contributed by atoms with Crippen molar-refractivity contribution in [2.24, 2.45) is 0 Å². The van der Waals surface area contributed by atoms with Gasteiger partial charge in [0.2, 0.25) is 0 Å². The molecule has 2 aromatic rings. The Morgan fingerprint density at radius 2 is 2.00 bits per heavy atom. The quantitative estimate of drug-likeness (QED) is 0.871. The molecule has 1 unspecified atom stereocenters. The Bertz CT molecular complexity index is 702. The maximum Gasteiger partial charge on any atom is 0.333 e. The van der Waals surface area contributed by atoms with Crippen LogP contribution in [-0.4, -0.2) is 46.3 Å². The monoisotopic (exact) mass is 332 g/mol. The van der Waals surface area contributed by atoms with Crippen LogP contribution in [0.1, 0.15) is 18.5 Å². The molecule has 1 aliphatic rings. The molecule has 0 bridgehead atoms. The van der Waals surface area contributed by atoms with Crippen molar-refractivity contribution in [2.75, 3.05) is 19.8 Å². The second-order valence-corrected chi connectivity index (χ2v) is 6.18. The number of nitrogens with zero attached hydrogens (tertiary/aromatic N) is 2. The summed E-state index contributed by atoms with van der Waals surface area (Å²) in [5.41, 5.74) is 1.51. The number of imidazole rings is 1. The van der Waals surface area contributed by atoms with Gasteiger partial charge in [0.15, 0.2) is 0 Å². The van der Waals surface area contributed by atoms with Crippen LogP contribution in [0.5, 0.6) is 0 Å². The number of ether oxygens (including phenoxy) is 2. The average molecular weight is 332 g/mol. The second-order valence-electron chi connectivity index (χ2n) is 6.18. The van der Waals surface area contributed by atoms with E-state index in [9.17, 15) is 9.90 Å². The molecule has 1 atom stereocenters. The first kappa shape index (κ1) is 17.0. The van der Waals surface area contributed by atoms with Crippen molar-refractivity contribution in [3.63, 3.8) is 0 Å². The van der Waals surface area contributed by atoms with Crippen molar-refractivity contribution in [3.8, 4) is 5.69 Å². The number of benzene rings is 1. The molecule has 0 radical (unpaired) electrons. The van der Waals surface area contributed by atoms with Gasteiger partial charge in [0.1, 0.15) is 0 Å². The van der Waals surface area contributed by atoms with E-state index in [4.69, 9.17) is 9.47 Å². The lowest BCUT2D eigenvalue weighted by Crippen LogP contribution is -2.32. The Balaban J connectivity index is 1.64. The molecule has 1 aromatic carbocycles. The molecule has 6 nitrogen and oxygen atoms in total. The molecule has 1 saturated heterocycles. The first-order chi connectivity index (χ1) is 11.6. The highest BCUT2D eigenvalue weighted by Gasteiger charge is 2.17. The van der Waals surface area contributed by atoms with E-state index in [2.05, 4.69) is 0 Å². The zero-order valence-corrected chi connectivity index (χ0v) is 13.9. The first-order valence-corrected chi connectivity index (χ1v) is 8.37. The van der Waals surface area contributed by atoms with Crippen molar-refractivity contribution in [1.29, 1.82) is 0 Å². The van der Waals surface area contributed by atoms with Gasteiger partial charge in [0.25, 0.3) is 0 Å². The van der Waals surface area contributed by atoms with E-state index < -0.39 is 6.10 Å². The summed E-state index contributed by atoms with van der Waals surface area (Å²) >= 11 is 0. The number of aromatic nitrogens is 2. The van der Waals surface area contributed by atoms with E-state index in [1.165, 1.54) is 0 Å². The molecule has 3 rings (SSSR count). The van der Waals surface area contributed by atoms with Crippen LogP contribution in [0.25, 0.3) is 5.69 Å². The van der Waals surface area contributed by atoms with Crippen LogP contribution < -0.4 is 5.69 Å². The van der Waals surface area contributed by atoms with E-state index in [0.29, 0.717) is 13.2 Å². The molecule has 0 spiro atoms. The number of hydrogen-bond donors (Lipinski definition) is 1. The van der Waals surface area contributed by atoms with Crippen LogP contribution in [0, 0.1) is 6.92 Å². The number of hydrogen-bond acceptors (Lipinski definition) is 4. The predicted molar refractivity (Wildman–Crippen MR) is 90.6 cm³/mol. The molecule has 0 saturated carbocycles. The Hall–Kier alpha value is -1.89. The highest BCUT2D eigenvalue weighted by atomic mass is 16.5. The summed E-state index contributed by atoms with van der Waals surface area (Å²) in [6, 6.07) is 9.50. The SMILES string of the molecule is Cc1cn(CC(O)COC2CCOCC2)c(=O)n1-c1ccccc1. The van der Waals surface area contributed by atoms with Gasteiger partial charge in [-0.05, 0) is 31.9 Å². The number of aryl methyl sites for hydroxylation is 1. The van der Waals surface area contributed by atoms with E-state index in [0.717, 1.165) is 24.2 Å². The number of aliphatic hydroxyl groups excluding tert-OH is 1. The fourth-order valence-electron chi connectivity index (χ4n) is 3.01. The summed E-state index contributed by atoms with van der Waals surface area (Å²) in [5, 5.41) is 10.2. The molecule has 2 heterocycles. The van der Waals surface area contributed by atoms with Crippen LogP contribution in [0.2, 0.25) is 0 Å². The van der Waals surface area contributed by atoms with Crippen molar-refractivity contribution >= 4 is 0 Å². The molecule has 130 valence electrons. The Labute approximate surface area is 141 Å². The smallest absolute Gasteiger partial charge is 0.333 e.